The molecule has 2 aromatic carbocycles. The molecule has 1 atom stereocenters. The lowest BCUT2D eigenvalue weighted by molar-refractivity contribution is -0.668. The Kier molecular flexibility index (Phi) is 42.0. The highest BCUT2D eigenvalue weighted by Gasteiger charge is 2.43. The Hall–Kier alpha value is -4.68. The number of imide groups is 1. The van der Waals surface area contributed by atoms with Crippen molar-refractivity contribution < 1.29 is 62.7 Å². The molecule has 2 aliphatic rings. The normalized spacial score (nSPS) is 15.1. The Morgan fingerprint density at radius 1 is 0.789 bits per heavy atom. The zero-order chi connectivity index (χ0) is 47.6. The number of allylic oxidation sites excluding steroid dienone is 5. The van der Waals surface area contributed by atoms with Gasteiger partial charge in [0.2, 0.25) is 5.52 Å². The number of hydrogen-bond donors (Lipinski definition) is 5. The first-order chi connectivity index (χ1) is 29.8. The molecule has 18 nitrogen and oxygen atoms in total. The molecule has 3 heterocycles. The van der Waals surface area contributed by atoms with Gasteiger partial charge in [0.25, 0.3) is 47.2 Å². The number of aryl methyl sites for hydroxylation is 1. The Labute approximate surface area is 432 Å². The minimum Gasteiger partial charge on any atom is -0.344 e. The molecule has 0 bridgehead atoms. The Morgan fingerprint density at radius 2 is 1.34 bits per heavy atom. The fourth-order valence-electron chi connectivity index (χ4n) is 6.99. The van der Waals surface area contributed by atoms with Crippen LogP contribution in [0.1, 0.15) is 155 Å². The summed E-state index contributed by atoms with van der Waals surface area (Å²) in [6.45, 7) is 12.9. The lowest BCUT2D eigenvalue weighted by Gasteiger charge is -2.30. The zero-order valence-corrected chi connectivity index (χ0v) is 40.2. The quantitative estimate of drug-likeness (QED) is 0.0186. The summed E-state index contributed by atoms with van der Waals surface area (Å²) in [5, 5.41) is 6.82. The van der Waals surface area contributed by atoms with Crippen molar-refractivity contribution in [1.82, 2.24) is 11.2 Å². The fourth-order valence-corrected chi connectivity index (χ4v) is 9.59. The van der Waals surface area contributed by atoms with E-state index in [1.54, 1.807) is 18.2 Å². The highest BCUT2D eigenvalue weighted by Crippen LogP contribution is 2.51. The minimum atomic E-state index is -4.60. The van der Waals surface area contributed by atoms with Gasteiger partial charge in [0.05, 0.1) is 16.4 Å². The van der Waals surface area contributed by atoms with Gasteiger partial charge in [-0.1, -0.05) is 134 Å². The van der Waals surface area contributed by atoms with Crippen LogP contribution in [0.25, 0.3) is 16.3 Å². The van der Waals surface area contributed by atoms with Crippen LogP contribution < -0.4 is 15.6 Å². The molecule has 0 spiro atoms. The van der Waals surface area contributed by atoms with E-state index in [9.17, 15) is 53.3 Å². The number of nitrogens with zero attached hydrogens (tertiary/aromatic N) is 3. The van der Waals surface area contributed by atoms with Crippen LogP contribution in [0.15, 0.2) is 77.4 Å². The topological polar surface area (TPSA) is 293 Å². The minimum absolute atomic E-state index is 0. The molecule has 22 heteroatoms. The average Bonchev–Trinajstić information content (AvgIpc) is 3.83. The third-order valence-corrected chi connectivity index (χ3v) is 13.3. The van der Waals surface area contributed by atoms with Crippen molar-refractivity contribution in [3.63, 3.8) is 0 Å². The van der Waals surface area contributed by atoms with Crippen molar-refractivity contribution in [3.05, 3.63) is 83.0 Å². The molecule has 71 heavy (non-hydrogen) atoms. The van der Waals surface area contributed by atoms with Gasteiger partial charge in [-0.15, -0.1) is 5.06 Å². The second-order valence-electron chi connectivity index (χ2n) is 13.9. The van der Waals surface area contributed by atoms with Crippen LogP contribution in [0.4, 0.5) is 5.69 Å². The molecule has 2 amide bonds. The van der Waals surface area contributed by atoms with Gasteiger partial charge in [0.1, 0.15) is 4.70 Å². The number of hydrogen-bond acceptors (Lipinski definition) is 14. The smallest absolute Gasteiger partial charge is 0.333 e. The third kappa shape index (κ3) is 23.6. The summed E-state index contributed by atoms with van der Waals surface area (Å²) in [4.78, 5) is 42.5. The zero-order valence-electron chi connectivity index (χ0n) is 36.9. The summed E-state index contributed by atoms with van der Waals surface area (Å²) in [7, 11) is -13.0. The first kappa shape index (κ1) is 80.4. The highest BCUT2D eigenvalue weighted by molar-refractivity contribution is 7.86. The monoisotopic (exact) mass is 1080 g/mol. The van der Waals surface area contributed by atoms with Gasteiger partial charge in [-0.3, -0.25) is 23.2 Å². The lowest BCUT2D eigenvalue weighted by atomic mass is 9.77. The van der Waals surface area contributed by atoms with Gasteiger partial charge in [-0.25, -0.2) is 4.79 Å². The second kappa shape index (κ2) is 37.1. The maximum atomic E-state index is 12.4. The number of benzene rings is 2. The number of amides is 2. The molecular weight excluding hydrogens is 995 g/mol. The number of aromatic nitrogens is 1. The van der Waals surface area contributed by atoms with Crippen molar-refractivity contribution in [1.29, 1.82) is 5.41 Å². The lowest BCUT2D eigenvalue weighted by Crippen LogP contribution is -2.35. The molecule has 1 fully saturated rings. The maximum absolute atomic E-state index is 12.4. The van der Waals surface area contributed by atoms with Crippen LogP contribution in [0.5, 0.6) is 0 Å². The van der Waals surface area contributed by atoms with Gasteiger partial charge < -0.3 is 21.3 Å². The summed E-state index contributed by atoms with van der Waals surface area (Å²) >= 11 is 1.50. The number of carbonyl (C=O) groups excluding carboxylic acids is 3. The van der Waals surface area contributed by atoms with Crippen LogP contribution in [0.3, 0.4) is 0 Å². The molecule has 2 aliphatic heterocycles. The van der Waals surface area contributed by atoms with Crippen molar-refractivity contribution in [2.75, 3.05) is 23.0 Å². The number of fused-ring (bicyclic) bond motifs is 2. The van der Waals surface area contributed by atoms with Crippen LogP contribution in [-0.4, -0.2) is 86.5 Å². The van der Waals surface area contributed by atoms with E-state index in [-0.39, 0.29) is 107 Å². The molecule has 0 radical (unpaired) electrons. The Bertz CT molecular complexity index is 2470. The SMILES string of the molecule is C.C.C.C.C.C.C.C=N.CC.CC.CC1(CCCCCC(=O)ON2C(=O)CCC2=O)/C(=C/C=C/C=C/c2sc3ccccc3[n+]2CCCS(=O)(=O)O)N(CCCS(=O)(=O)O)c2ccc(S(=O)(=O)O)cc21.N. The van der Waals surface area contributed by atoms with Gasteiger partial charge in [-0.05, 0) is 68.8 Å². The van der Waals surface area contributed by atoms with Crippen LogP contribution in [0.2, 0.25) is 0 Å². The van der Waals surface area contributed by atoms with Crippen molar-refractivity contribution >= 4 is 88.2 Å². The van der Waals surface area contributed by atoms with Crippen molar-refractivity contribution in [2.24, 2.45) is 0 Å². The molecular formula is C49H90N5O13S4+. The maximum Gasteiger partial charge on any atom is 0.333 e. The molecule has 5 rings (SSSR count). The van der Waals surface area contributed by atoms with E-state index in [4.69, 9.17) is 10.2 Å². The predicted octanol–water partition coefficient (Wildman–Crippen LogP) is 11.7. The second-order valence-corrected chi connectivity index (χ2v) is 19.5. The number of para-hydroxylation sites is 1. The molecule has 0 aliphatic carbocycles. The van der Waals surface area contributed by atoms with E-state index in [2.05, 4.69) is 6.72 Å². The summed E-state index contributed by atoms with van der Waals surface area (Å²) in [5.74, 6) is -2.78. The van der Waals surface area contributed by atoms with Gasteiger partial charge in [-0.2, -0.15) is 29.8 Å². The van der Waals surface area contributed by atoms with Gasteiger partial charge >= 0.3 is 5.97 Å². The number of thiazole rings is 1. The predicted molar refractivity (Wildman–Crippen MR) is 296 cm³/mol. The molecule has 412 valence electrons. The standard InChI is InChI=1S/C37H43N3O13S4.2C2H6.CH3N.7CH4.H3N/c1-37(21-9-3-6-16-36(43)53-40-33(41)19-20-34(40)42)28-26-27(57(50,51)52)17-18-29(28)38(22-10-24-55(44,45)46)32(37)14-4-2-5-15-35-39(23-11-25-56(47,48)49)30-12-7-8-13-31(30)54-35;3*1-2;;;;;;;;/h2,4-5,7-8,12-15,17-18,26H,3,6,9-11,16,19-25H2,1H3,(H2-,44,45,46,47,48,49,50,51,52);2*1-2H3;2H,1H2;7*1H4;1H3/p+1. The molecule has 7 N–H and O–H groups in total. The molecule has 1 saturated heterocycles. The Morgan fingerprint density at radius 3 is 1.89 bits per heavy atom. The summed E-state index contributed by atoms with van der Waals surface area (Å²) < 4.78 is 102. The number of nitrogens with one attached hydrogen (secondary N) is 1. The van der Waals surface area contributed by atoms with Crippen molar-refractivity contribution in [2.45, 2.75) is 161 Å². The van der Waals surface area contributed by atoms with Gasteiger partial charge in [0.15, 0.2) is 6.54 Å². The third-order valence-electron chi connectivity index (χ3n) is 9.68. The Balaban J connectivity index is -0.000000563. The molecule has 0 saturated carbocycles. The van der Waals surface area contributed by atoms with E-state index in [1.807, 2.05) is 80.5 Å². The average molecular weight is 1090 g/mol. The number of unbranched alkanes of at least 4 members (excludes halogenated alkanes) is 2. The highest BCUT2D eigenvalue weighted by atomic mass is 32.2. The first-order valence-corrected chi connectivity index (χ1v) is 25.9. The molecule has 1 unspecified atom stereocenters. The molecule has 3 aromatic rings. The number of hydroxylamine groups is 2. The van der Waals surface area contributed by atoms with E-state index in [0.717, 1.165) is 15.2 Å². The molecule has 1 aromatic heterocycles. The van der Waals surface area contributed by atoms with Crippen LogP contribution >= 0.6 is 11.3 Å². The van der Waals surface area contributed by atoms with Crippen molar-refractivity contribution in [3.8, 4) is 0 Å². The van der Waals surface area contributed by atoms with Gasteiger partial charge in [0, 0.05) is 61.2 Å². The largest absolute Gasteiger partial charge is 0.344 e. The van der Waals surface area contributed by atoms with E-state index in [0.29, 0.717) is 54.2 Å². The first-order valence-electron chi connectivity index (χ1n) is 20.5. The van der Waals surface area contributed by atoms with E-state index >= 15 is 0 Å². The van der Waals surface area contributed by atoms with Crippen LogP contribution in [0, 0.1) is 5.41 Å². The van der Waals surface area contributed by atoms with Crippen LogP contribution in [-0.2, 0) is 61.5 Å². The number of rotatable bonds is 19. The fraction of sp³-hybridized carbons (Fsp3) is 0.531. The van der Waals surface area contributed by atoms with E-state index in [1.165, 1.54) is 29.5 Å². The summed E-state index contributed by atoms with van der Waals surface area (Å²) in [5.41, 5.74) is 1.83. The summed E-state index contributed by atoms with van der Waals surface area (Å²) in [6.07, 6.45) is 10.9. The number of anilines is 1. The summed E-state index contributed by atoms with van der Waals surface area (Å²) in [6, 6.07) is 11.8. The van der Waals surface area contributed by atoms with E-state index < -0.39 is 59.3 Å². The number of carbonyl (C=O) groups is 3.